The van der Waals surface area contributed by atoms with E-state index in [2.05, 4.69) is 41.5 Å². The number of nitrogens with one attached hydrogen (secondary N) is 1. The Labute approximate surface area is 190 Å². The van der Waals surface area contributed by atoms with Crippen molar-refractivity contribution in [1.82, 2.24) is 10.2 Å². The molecule has 162 valence electrons. The number of aromatic nitrogens is 2. The predicted octanol–water partition coefficient (Wildman–Crippen LogP) is 4.86. The van der Waals surface area contributed by atoms with E-state index in [0.29, 0.717) is 23.0 Å². The van der Waals surface area contributed by atoms with Gasteiger partial charge in [0.25, 0.3) is 5.91 Å². The van der Waals surface area contributed by atoms with E-state index in [1.165, 1.54) is 28.7 Å². The fourth-order valence-corrected chi connectivity index (χ4v) is 7.73. The molecule has 2 heterocycles. The van der Waals surface area contributed by atoms with Gasteiger partial charge >= 0.3 is 0 Å². The number of carbonyl (C=O) groups is 1. The molecular weight excluding hydrogens is 450 g/mol. The summed E-state index contributed by atoms with van der Waals surface area (Å²) in [6, 6.07) is 15.4. The van der Waals surface area contributed by atoms with E-state index in [9.17, 15) is 13.2 Å². The first kappa shape index (κ1) is 22.0. The quantitative estimate of drug-likeness (QED) is 0.550. The second kappa shape index (κ2) is 9.10. The molecule has 1 aliphatic rings. The molecule has 0 saturated carbocycles. The van der Waals surface area contributed by atoms with Crippen molar-refractivity contribution in [2.24, 2.45) is 0 Å². The molecule has 0 spiro atoms. The molecule has 1 aromatic heterocycles. The van der Waals surface area contributed by atoms with Crippen molar-refractivity contribution in [2.75, 3.05) is 16.8 Å². The van der Waals surface area contributed by atoms with Crippen molar-refractivity contribution in [3.63, 3.8) is 0 Å². The topological polar surface area (TPSA) is 89.0 Å². The number of hydrogen-bond acceptors (Lipinski definition) is 7. The lowest BCUT2D eigenvalue weighted by molar-refractivity contribution is 0.102. The van der Waals surface area contributed by atoms with Crippen molar-refractivity contribution < 1.29 is 13.2 Å². The van der Waals surface area contributed by atoms with Gasteiger partial charge in [0.2, 0.25) is 5.13 Å². The molecule has 2 aromatic carbocycles. The summed E-state index contributed by atoms with van der Waals surface area (Å²) in [6.45, 7) is 4.30. The van der Waals surface area contributed by atoms with Crippen molar-refractivity contribution in [3.05, 3.63) is 59.7 Å². The van der Waals surface area contributed by atoms with Crippen LogP contribution in [0.15, 0.2) is 53.4 Å². The van der Waals surface area contributed by atoms with Crippen molar-refractivity contribution in [1.29, 1.82) is 0 Å². The molecule has 1 amide bonds. The van der Waals surface area contributed by atoms with Gasteiger partial charge in [-0.2, -0.15) is 0 Å². The first-order chi connectivity index (χ1) is 14.8. The fourth-order valence-electron chi connectivity index (χ4n) is 3.36. The lowest BCUT2D eigenvalue weighted by atomic mass is 10.0. The SMILES string of the molecule is CC(C)c1ccc(-c2nnc(NC(=O)c3ccccc3SC3CCS(=O)(=O)C3)s2)cc1. The number of anilines is 1. The van der Waals surface area contributed by atoms with Gasteiger partial charge in [0.15, 0.2) is 9.84 Å². The van der Waals surface area contributed by atoms with Crippen LogP contribution in [0.3, 0.4) is 0 Å². The summed E-state index contributed by atoms with van der Waals surface area (Å²) in [5, 5.41) is 12.3. The van der Waals surface area contributed by atoms with Gasteiger partial charge in [0, 0.05) is 15.7 Å². The molecule has 1 aliphatic heterocycles. The van der Waals surface area contributed by atoms with Crippen molar-refractivity contribution >= 4 is 44.0 Å². The predicted molar refractivity (Wildman–Crippen MR) is 127 cm³/mol. The third-order valence-electron chi connectivity index (χ3n) is 5.09. The Balaban J connectivity index is 1.47. The highest BCUT2D eigenvalue weighted by Gasteiger charge is 2.29. The van der Waals surface area contributed by atoms with E-state index in [-0.39, 0.29) is 22.7 Å². The van der Waals surface area contributed by atoms with Crippen molar-refractivity contribution in [3.8, 4) is 10.6 Å². The molecule has 0 bridgehead atoms. The highest BCUT2D eigenvalue weighted by molar-refractivity contribution is 8.02. The Kier molecular flexibility index (Phi) is 6.45. The number of thioether (sulfide) groups is 1. The number of carbonyl (C=O) groups excluding carboxylic acids is 1. The van der Waals surface area contributed by atoms with Gasteiger partial charge in [-0.15, -0.1) is 22.0 Å². The minimum Gasteiger partial charge on any atom is -0.296 e. The Hall–Kier alpha value is -2.23. The molecule has 4 rings (SSSR count). The van der Waals surface area contributed by atoms with Crippen LogP contribution in [0.5, 0.6) is 0 Å². The summed E-state index contributed by atoms with van der Waals surface area (Å²) in [6.07, 6.45) is 0.609. The maximum atomic E-state index is 12.9. The zero-order valence-corrected chi connectivity index (χ0v) is 19.7. The minimum absolute atomic E-state index is 0.0270. The first-order valence-corrected chi connectivity index (χ1v) is 13.5. The van der Waals surface area contributed by atoms with E-state index in [0.717, 1.165) is 15.5 Å². The van der Waals surface area contributed by atoms with Crippen molar-refractivity contribution in [2.45, 2.75) is 36.3 Å². The Morgan fingerprint density at radius 1 is 1.13 bits per heavy atom. The van der Waals surface area contributed by atoms with Crippen LogP contribution in [0, 0.1) is 0 Å². The molecule has 1 unspecified atom stereocenters. The standard InChI is InChI=1S/C22H23N3O3S3/c1-14(2)15-7-9-16(10-8-15)21-24-25-22(30-21)23-20(26)18-5-3-4-6-19(18)29-17-11-12-31(27,28)13-17/h3-10,14,17H,11-13H2,1-2H3,(H,23,25,26). The van der Waals surface area contributed by atoms with Crippen LogP contribution in [0.25, 0.3) is 10.6 Å². The van der Waals surface area contributed by atoms with Gasteiger partial charge in [-0.05, 0) is 30.0 Å². The van der Waals surface area contributed by atoms with Gasteiger partial charge in [-0.25, -0.2) is 8.42 Å². The summed E-state index contributed by atoms with van der Waals surface area (Å²) in [5.41, 5.74) is 2.72. The molecule has 6 nitrogen and oxygen atoms in total. The number of nitrogens with zero attached hydrogens (tertiary/aromatic N) is 2. The molecule has 1 atom stereocenters. The second-order valence-electron chi connectivity index (χ2n) is 7.78. The third kappa shape index (κ3) is 5.34. The van der Waals surface area contributed by atoms with Crippen LogP contribution < -0.4 is 5.32 Å². The molecule has 1 saturated heterocycles. The third-order valence-corrected chi connectivity index (χ3v) is 9.30. The smallest absolute Gasteiger partial charge is 0.258 e. The van der Waals surface area contributed by atoms with E-state index in [4.69, 9.17) is 0 Å². The number of rotatable bonds is 6. The summed E-state index contributed by atoms with van der Waals surface area (Å²) >= 11 is 2.77. The first-order valence-electron chi connectivity index (χ1n) is 10.0. The van der Waals surface area contributed by atoms with E-state index < -0.39 is 9.84 Å². The average molecular weight is 474 g/mol. The molecule has 0 aliphatic carbocycles. The second-order valence-corrected chi connectivity index (χ2v) is 12.3. The average Bonchev–Trinajstić information content (AvgIpc) is 3.34. The van der Waals surface area contributed by atoms with Gasteiger partial charge in [0.05, 0.1) is 17.1 Å². The van der Waals surface area contributed by atoms with Gasteiger partial charge in [0.1, 0.15) is 5.01 Å². The summed E-state index contributed by atoms with van der Waals surface area (Å²) in [7, 11) is -2.97. The lowest BCUT2D eigenvalue weighted by Crippen LogP contribution is -2.14. The molecule has 31 heavy (non-hydrogen) atoms. The number of hydrogen-bond donors (Lipinski definition) is 1. The highest BCUT2D eigenvalue weighted by Crippen LogP contribution is 2.34. The Morgan fingerprint density at radius 2 is 1.87 bits per heavy atom. The maximum absolute atomic E-state index is 12.9. The fraction of sp³-hybridized carbons (Fsp3) is 0.318. The Bertz CT molecular complexity index is 1190. The number of amides is 1. The minimum atomic E-state index is -2.97. The van der Waals surface area contributed by atoms with Crippen LogP contribution in [0.1, 0.15) is 42.1 Å². The molecule has 9 heteroatoms. The molecule has 3 aromatic rings. The van der Waals surface area contributed by atoms with Crippen LogP contribution in [0.2, 0.25) is 0 Å². The molecule has 1 N–H and O–H groups in total. The Morgan fingerprint density at radius 3 is 2.55 bits per heavy atom. The molecule has 0 radical (unpaired) electrons. The van der Waals surface area contributed by atoms with Crippen LogP contribution >= 0.6 is 23.1 Å². The zero-order valence-electron chi connectivity index (χ0n) is 17.2. The molecular formula is C22H23N3O3S3. The normalized spacial score (nSPS) is 17.7. The van der Waals surface area contributed by atoms with E-state index in [1.807, 2.05) is 24.3 Å². The lowest BCUT2D eigenvalue weighted by Gasteiger charge is -2.11. The summed E-state index contributed by atoms with van der Waals surface area (Å²) in [5.74, 6) is 0.552. The largest absolute Gasteiger partial charge is 0.296 e. The summed E-state index contributed by atoms with van der Waals surface area (Å²) < 4.78 is 23.5. The highest BCUT2D eigenvalue weighted by atomic mass is 32.2. The monoisotopic (exact) mass is 473 g/mol. The van der Waals surface area contributed by atoms with Crippen LogP contribution in [-0.2, 0) is 9.84 Å². The van der Waals surface area contributed by atoms with Gasteiger partial charge < -0.3 is 0 Å². The van der Waals surface area contributed by atoms with E-state index >= 15 is 0 Å². The van der Waals surface area contributed by atoms with Gasteiger partial charge in [-0.1, -0.05) is 61.6 Å². The number of benzene rings is 2. The summed E-state index contributed by atoms with van der Waals surface area (Å²) in [4.78, 5) is 13.7. The molecule has 1 fully saturated rings. The number of sulfone groups is 1. The zero-order chi connectivity index (χ0) is 22.0. The maximum Gasteiger partial charge on any atom is 0.258 e. The van der Waals surface area contributed by atoms with Crippen LogP contribution in [-0.4, -0.2) is 41.3 Å². The van der Waals surface area contributed by atoms with Crippen LogP contribution in [0.4, 0.5) is 5.13 Å². The van der Waals surface area contributed by atoms with Gasteiger partial charge in [-0.3, -0.25) is 10.1 Å². The van der Waals surface area contributed by atoms with E-state index in [1.54, 1.807) is 12.1 Å².